The second-order valence-corrected chi connectivity index (χ2v) is 7.03. The molecule has 0 saturated carbocycles. The van der Waals surface area contributed by atoms with Gasteiger partial charge in [0.15, 0.2) is 0 Å². The summed E-state index contributed by atoms with van der Waals surface area (Å²) in [4.78, 5) is 24.4. The minimum Gasteiger partial charge on any atom is -0.491 e. The van der Waals surface area contributed by atoms with Crippen molar-refractivity contribution in [2.75, 3.05) is 31.0 Å². The van der Waals surface area contributed by atoms with Gasteiger partial charge in [0, 0.05) is 30.1 Å². The molecule has 7 heteroatoms. The number of ether oxygens (including phenoxy) is 3. The van der Waals surface area contributed by atoms with Crippen LogP contribution in [0, 0.1) is 0 Å². The Bertz CT molecular complexity index is 814. The van der Waals surface area contributed by atoms with E-state index in [2.05, 4.69) is 10.6 Å². The van der Waals surface area contributed by atoms with Gasteiger partial charge in [-0.3, -0.25) is 10.1 Å². The van der Waals surface area contributed by atoms with Gasteiger partial charge in [-0.05, 0) is 51.1 Å². The molecule has 2 aromatic rings. The third-order valence-corrected chi connectivity index (χ3v) is 3.42. The van der Waals surface area contributed by atoms with Crippen molar-refractivity contribution >= 4 is 23.4 Å². The van der Waals surface area contributed by atoms with Gasteiger partial charge in [0.25, 0.3) is 5.91 Å². The van der Waals surface area contributed by atoms with E-state index >= 15 is 0 Å². The maximum Gasteiger partial charge on any atom is 0.412 e. The molecule has 0 heterocycles. The summed E-state index contributed by atoms with van der Waals surface area (Å²) < 4.78 is 15.7. The molecule has 0 unspecified atom stereocenters. The quantitative estimate of drug-likeness (QED) is 0.693. The molecule has 2 amide bonds. The highest BCUT2D eigenvalue weighted by Gasteiger charge is 2.16. The minimum atomic E-state index is -0.602. The molecule has 2 N–H and O–H groups in total. The lowest BCUT2D eigenvalue weighted by Gasteiger charge is -2.19. The van der Waals surface area contributed by atoms with E-state index in [1.807, 2.05) is 0 Å². The molecule has 0 spiro atoms. The van der Waals surface area contributed by atoms with Crippen molar-refractivity contribution in [2.24, 2.45) is 0 Å². The zero-order chi connectivity index (χ0) is 20.6. The lowest BCUT2D eigenvalue weighted by molar-refractivity contribution is 0.0635. The van der Waals surface area contributed by atoms with E-state index in [1.54, 1.807) is 76.4 Å². The third-order valence-electron chi connectivity index (χ3n) is 3.42. The van der Waals surface area contributed by atoms with E-state index in [-0.39, 0.29) is 5.91 Å². The lowest BCUT2D eigenvalue weighted by Crippen LogP contribution is -2.27. The fraction of sp³-hybridized carbons (Fsp3) is 0.333. The first-order chi connectivity index (χ1) is 13.3. The van der Waals surface area contributed by atoms with E-state index < -0.39 is 11.7 Å². The van der Waals surface area contributed by atoms with E-state index in [1.165, 1.54) is 0 Å². The maximum atomic E-state index is 12.5. The van der Waals surface area contributed by atoms with Crippen LogP contribution in [-0.2, 0) is 9.47 Å². The zero-order valence-corrected chi connectivity index (χ0v) is 16.6. The predicted octanol–water partition coefficient (Wildman–Crippen LogP) is 4.31. The summed E-state index contributed by atoms with van der Waals surface area (Å²) in [6, 6.07) is 13.7. The van der Waals surface area contributed by atoms with Crippen LogP contribution in [0.25, 0.3) is 0 Å². The maximum absolute atomic E-state index is 12.5. The van der Waals surface area contributed by atoms with E-state index in [9.17, 15) is 9.59 Å². The second-order valence-electron chi connectivity index (χ2n) is 7.03. The molecule has 2 aromatic carbocycles. The fourth-order valence-corrected chi connectivity index (χ4v) is 2.27. The number of hydrogen-bond acceptors (Lipinski definition) is 5. The van der Waals surface area contributed by atoms with Gasteiger partial charge in [-0.25, -0.2) is 4.79 Å². The van der Waals surface area contributed by atoms with E-state index in [0.717, 1.165) is 0 Å². The summed E-state index contributed by atoms with van der Waals surface area (Å²) in [7, 11) is 1.60. The molecule has 0 aliphatic carbocycles. The Kier molecular flexibility index (Phi) is 7.40. The highest BCUT2D eigenvalue weighted by molar-refractivity contribution is 6.05. The molecule has 7 nitrogen and oxygen atoms in total. The monoisotopic (exact) mass is 386 g/mol. The van der Waals surface area contributed by atoms with Crippen LogP contribution in [0.4, 0.5) is 16.2 Å². The first-order valence-electron chi connectivity index (χ1n) is 8.90. The van der Waals surface area contributed by atoms with Crippen molar-refractivity contribution in [3.05, 3.63) is 54.1 Å². The summed E-state index contributed by atoms with van der Waals surface area (Å²) >= 11 is 0. The normalized spacial score (nSPS) is 10.9. The average Bonchev–Trinajstić information content (AvgIpc) is 2.61. The molecule has 0 fully saturated rings. The Hall–Kier alpha value is -3.06. The topological polar surface area (TPSA) is 85.9 Å². The number of carbonyl (C=O) groups excluding carboxylic acids is 2. The molecular weight excluding hydrogens is 360 g/mol. The predicted molar refractivity (Wildman–Crippen MR) is 108 cm³/mol. The molecule has 0 aliphatic heterocycles. The van der Waals surface area contributed by atoms with E-state index in [4.69, 9.17) is 14.2 Å². The Morgan fingerprint density at radius 2 is 1.61 bits per heavy atom. The van der Waals surface area contributed by atoms with Crippen molar-refractivity contribution in [1.82, 2.24) is 0 Å². The van der Waals surface area contributed by atoms with Gasteiger partial charge in [-0.15, -0.1) is 0 Å². The van der Waals surface area contributed by atoms with Gasteiger partial charge in [0.05, 0.1) is 6.61 Å². The molecule has 150 valence electrons. The summed E-state index contributed by atoms with van der Waals surface area (Å²) in [5.41, 5.74) is 0.873. The van der Waals surface area contributed by atoms with Crippen molar-refractivity contribution in [3.63, 3.8) is 0 Å². The molecule has 0 bridgehead atoms. The zero-order valence-electron chi connectivity index (χ0n) is 16.6. The average molecular weight is 386 g/mol. The van der Waals surface area contributed by atoms with Crippen LogP contribution in [0.2, 0.25) is 0 Å². The van der Waals surface area contributed by atoms with Crippen LogP contribution in [0.3, 0.4) is 0 Å². The SMILES string of the molecule is COCCOc1cccc(NC(=O)c2cccc(NC(=O)OC(C)(C)C)c2)c1. The smallest absolute Gasteiger partial charge is 0.412 e. The number of rotatable bonds is 7. The van der Waals surface area contributed by atoms with Crippen LogP contribution in [-0.4, -0.2) is 37.9 Å². The van der Waals surface area contributed by atoms with Crippen LogP contribution >= 0.6 is 0 Å². The molecule has 0 saturated heterocycles. The lowest BCUT2D eigenvalue weighted by atomic mass is 10.2. The second kappa shape index (κ2) is 9.75. The fourth-order valence-electron chi connectivity index (χ4n) is 2.27. The molecule has 0 radical (unpaired) electrons. The molecular formula is C21H26N2O5. The summed E-state index contributed by atoms with van der Waals surface area (Å²) in [6.07, 6.45) is -0.578. The molecule has 28 heavy (non-hydrogen) atoms. The van der Waals surface area contributed by atoms with Gasteiger partial charge >= 0.3 is 6.09 Å². The summed E-state index contributed by atoms with van der Waals surface area (Å²) in [6.45, 7) is 6.25. The van der Waals surface area contributed by atoms with Crippen LogP contribution < -0.4 is 15.4 Å². The van der Waals surface area contributed by atoms with Crippen molar-refractivity contribution in [2.45, 2.75) is 26.4 Å². The number of hydrogen-bond donors (Lipinski definition) is 2. The number of methoxy groups -OCH3 is 1. The number of carbonyl (C=O) groups is 2. The number of nitrogens with one attached hydrogen (secondary N) is 2. The first kappa shape index (κ1) is 21.2. The van der Waals surface area contributed by atoms with Crippen LogP contribution in [0.5, 0.6) is 5.75 Å². The highest BCUT2D eigenvalue weighted by Crippen LogP contribution is 2.19. The van der Waals surface area contributed by atoms with Gasteiger partial charge in [0.1, 0.15) is 18.0 Å². The number of amides is 2. The van der Waals surface area contributed by atoms with Gasteiger partial charge in [0.2, 0.25) is 0 Å². The highest BCUT2D eigenvalue weighted by atomic mass is 16.6. The van der Waals surface area contributed by atoms with Crippen molar-refractivity contribution in [1.29, 1.82) is 0 Å². The van der Waals surface area contributed by atoms with Crippen LogP contribution in [0.1, 0.15) is 31.1 Å². The first-order valence-corrected chi connectivity index (χ1v) is 8.90. The standard InChI is InChI=1S/C21H26N2O5/c1-21(2,3)28-20(25)23-16-8-5-7-15(13-16)19(24)22-17-9-6-10-18(14-17)27-12-11-26-4/h5-10,13-14H,11-12H2,1-4H3,(H,22,24)(H,23,25). The minimum absolute atomic E-state index is 0.304. The van der Waals surface area contributed by atoms with Gasteiger partial charge in [-0.1, -0.05) is 12.1 Å². The molecule has 2 rings (SSSR count). The number of benzene rings is 2. The Morgan fingerprint density at radius 1 is 0.929 bits per heavy atom. The molecule has 0 aromatic heterocycles. The Labute approximate surface area is 165 Å². The van der Waals surface area contributed by atoms with Gasteiger partial charge < -0.3 is 19.5 Å². The number of anilines is 2. The molecule has 0 atom stereocenters. The Morgan fingerprint density at radius 3 is 2.29 bits per heavy atom. The largest absolute Gasteiger partial charge is 0.491 e. The van der Waals surface area contributed by atoms with Crippen LogP contribution in [0.15, 0.2) is 48.5 Å². The van der Waals surface area contributed by atoms with Crippen molar-refractivity contribution < 1.29 is 23.8 Å². The van der Waals surface area contributed by atoms with Gasteiger partial charge in [-0.2, -0.15) is 0 Å². The summed E-state index contributed by atoms with van der Waals surface area (Å²) in [5, 5.41) is 5.44. The third kappa shape index (κ3) is 7.28. The molecule has 0 aliphatic rings. The Balaban J connectivity index is 2.01. The summed E-state index contributed by atoms with van der Waals surface area (Å²) in [5.74, 6) is 0.331. The van der Waals surface area contributed by atoms with Crippen molar-refractivity contribution in [3.8, 4) is 5.75 Å². The van der Waals surface area contributed by atoms with E-state index in [0.29, 0.717) is 35.9 Å².